The average molecular weight is 359 g/mol. The number of hydrogen-bond acceptors (Lipinski definition) is 6. The van der Waals surface area contributed by atoms with Gasteiger partial charge in [0.25, 0.3) is 5.91 Å². The normalized spacial score (nSPS) is 19.2. The van der Waals surface area contributed by atoms with Gasteiger partial charge in [0.15, 0.2) is 11.5 Å². The third-order valence-corrected chi connectivity index (χ3v) is 5.15. The van der Waals surface area contributed by atoms with Gasteiger partial charge >= 0.3 is 0 Å². The molecule has 132 valence electrons. The van der Waals surface area contributed by atoms with E-state index in [1.807, 2.05) is 43.0 Å². The Morgan fingerprint density at radius 3 is 2.72 bits per heavy atom. The summed E-state index contributed by atoms with van der Waals surface area (Å²) in [5, 5.41) is 10.6. The lowest BCUT2D eigenvalue weighted by Gasteiger charge is -2.33. The minimum atomic E-state index is -0.380. The van der Waals surface area contributed by atoms with Crippen molar-refractivity contribution in [2.45, 2.75) is 33.6 Å². The Hall–Kier alpha value is -2.48. The van der Waals surface area contributed by atoms with Gasteiger partial charge in [-0.3, -0.25) is 19.9 Å². The van der Waals surface area contributed by atoms with Crippen molar-refractivity contribution in [3.05, 3.63) is 46.7 Å². The molecule has 3 rings (SSSR count). The molecule has 2 heterocycles. The van der Waals surface area contributed by atoms with Crippen LogP contribution in [0.15, 0.2) is 40.6 Å². The zero-order valence-electron chi connectivity index (χ0n) is 14.4. The number of carbonyl (C=O) groups excluding carboxylic acids is 2. The Labute approximate surface area is 150 Å². The highest BCUT2D eigenvalue weighted by Gasteiger charge is 2.36. The molecule has 2 amide bonds. The predicted octanol–water partition coefficient (Wildman–Crippen LogP) is 1.23. The fraction of sp³-hybridized carbons (Fsp3) is 0.353. The quantitative estimate of drug-likeness (QED) is 0.753. The SMILES string of the molecule is CC1=C(C)N2C(SCC(=O)NCc3ccc(C)cc3)=NNC2NC1=O. The van der Waals surface area contributed by atoms with Crippen LogP contribution in [0, 0.1) is 6.92 Å². The molecule has 0 fully saturated rings. The van der Waals surface area contributed by atoms with Gasteiger partial charge in [-0.15, -0.1) is 0 Å². The summed E-state index contributed by atoms with van der Waals surface area (Å²) in [4.78, 5) is 25.8. The Balaban J connectivity index is 1.52. The van der Waals surface area contributed by atoms with E-state index >= 15 is 0 Å². The van der Waals surface area contributed by atoms with Crippen LogP contribution in [-0.2, 0) is 16.1 Å². The van der Waals surface area contributed by atoms with Crippen molar-refractivity contribution in [1.29, 1.82) is 0 Å². The fourth-order valence-corrected chi connectivity index (χ4v) is 3.40. The van der Waals surface area contributed by atoms with Crippen LogP contribution < -0.4 is 16.1 Å². The van der Waals surface area contributed by atoms with Crippen LogP contribution in [0.1, 0.15) is 25.0 Å². The van der Waals surface area contributed by atoms with E-state index in [0.29, 0.717) is 17.3 Å². The molecule has 0 radical (unpaired) electrons. The van der Waals surface area contributed by atoms with Crippen LogP contribution in [0.5, 0.6) is 0 Å². The zero-order valence-corrected chi connectivity index (χ0v) is 15.2. The number of amidine groups is 1. The highest BCUT2D eigenvalue weighted by atomic mass is 32.2. The molecule has 0 aliphatic carbocycles. The van der Waals surface area contributed by atoms with Crippen molar-refractivity contribution in [3.63, 3.8) is 0 Å². The number of benzene rings is 1. The molecule has 1 atom stereocenters. The first-order chi connectivity index (χ1) is 12.0. The number of hydrogen-bond donors (Lipinski definition) is 3. The molecule has 0 bridgehead atoms. The van der Waals surface area contributed by atoms with Crippen molar-refractivity contribution in [2.24, 2.45) is 5.10 Å². The van der Waals surface area contributed by atoms with Gasteiger partial charge in [0.1, 0.15) is 0 Å². The van der Waals surface area contributed by atoms with Gasteiger partial charge in [-0.2, -0.15) is 5.10 Å². The van der Waals surface area contributed by atoms with Gasteiger partial charge in [0.05, 0.1) is 5.75 Å². The van der Waals surface area contributed by atoms with E-state index in [1.54, 1.807) is 6.92 Å². The molecule has 0 spiro atoms. The van der Waals surface area contributed by atoms with E-state index in [2.05, 4.69) is 21.2 Å². The lowest BCUT2D eigenvalue weighted by Crippen LogP contribution is -2.55. The standard InChI is InChI=1S/C17H21N5O2S/c1-10-4-6-13(7-5-10)8-18-14(23)9-25-17-21-20-16-19-15(24)11(2)12(3)22(16)17/h4-7,16,20H,8-9H2,1-3H3,(H,18,23)(H,19,24). The number of aryl methyl sites for hydroxylation is 1. The van der Waals surface area contributed by atoms with E-state index in [-0.39, 0.29) is 23.9 Å². The number of carbonyl (C=O) groups is 2. The lowest BCUT2D eigenvalue weighted by atomic mass is 10.1. The summed E-state index contributed by atoms with van der Waals surface area (Å²) in [6, 6.07) is 8.06. The molecule has 0 saturated heterocycles. The van der Waals surface area contributed by atoms with Crippen molar-refractivity contribution < 1.29 is 9.59 Å². The molecule has 7 nitrogen and oxygen atoms in total. The van der Waals surface area contributed by atoms with Crippen molar-refractivity contribution in [2.75, 3.05) is 5.75 Å². The van der Waals surface area contributed by atoms with E-state index in [9.17, 15) is 9.59 Å². The second-order valence-corrected chi connectivity index (χ2v) is 6.97. The summed E-state index contributed by atoms with van der Waals surface area (Å²) < 4.78 is 0. The molecule has 25 heavy (non-hydrogen) atoms. The Bertz CT molecular complexity index is 757. The van der Waals surface area contributed by atoms with Crippen LogP contribution in [0.4, 0.5) is 0 Å². The summed E-state index contributed by atoms with van der Waals surface area (Å²) >= 11 is 1.34. The molecule has 1 unspecified atom stereocenters. The summed E-state index contributed by atoms with van der Waals surface area (Å²) in [6.45, 7) is 6.19. The largest absolute Gasteiger partial charge is 0.351 e. The minimum Gasteiger partial charge on any atom is -0.351 e. The van der Waals surface area contributed by atoms with E-state index in [4.69, 9.17) is 0 Å². The first-order valence-corrected chi connectivity index (χ1v) is 9.00. The highest BCUT2D eigenvalue weighted by molar-refractivity contribution is 8.14. The molecule has 2 aliphatic heterocycles. The van der Waals surface area contributed by atoms with Crippen LogP contribution in [0.25, 0.3) is 0 Å². The molecule has 0 aromatic heterocycles. The van der Waals surface area contributed by atoms with Gasteiger partial charge in [-0.1, -0.05) is 41.6 Å². The molecule has 2 aliphatic rings. The summed E-state index contributed by atoms with van der Waals surface area (Å²) in [5.74, 6) is 0.0928. The molecule has 1 aromatic rings. The Morgan fingerprint density at radius 1 is 1.28 bits per heavy atom. The minimum absolute atomic E-state index is 0.0591. The number of nitrogens with zero attached hydrogens (tertiary/aromatic N) is 2. The maximum Gasteiger partial charge on any atom is 0.251 e. The van der Waals surface area contributed by atoms with E-state index < -0.39 is 0 Å². The molecular weight excluding hydrogens is 338 g/mol. The number of fused-ring (bicyclic) bond motifs is 1. The molecule has 8 heteroatoms. The molecule has 1 aromatic carbocycles. The van der Waals surface area contributed by atoms with E-state index in [1.165, 1.54) is 17.3 Å². The first kappa shape index (κ1) is 17.3. The number of nitrogens with one attached hydrogen (secondary N) is 3. The van der Waals surface area contributed by atoms with Crippen molar-refractivity contribution in [3.8, 4) is 0 Å². The second-order valence-electron chi connectivity index (χ2n) is 6.03. The highest BCUT2D eigenvalue weighted by Crippen LogP contribution is 2.25. The van der Waals surface area contributed by atoms with E-state index in [0.717, 1.165) is 11.3 Å². The van der Waals surface area contributed by atoms with Crippen LogP contribution in [0.2, 0.25) is 0 Å². The summed E-state index contributed by atoms with van der Waals surface area (Å²) in [6.07, 6.45) is -0.380. The predicted molar refractivity (Wildman–Crippen MR) is 98.2 cm³/mol. The van der Waals surface area contributed by atoms with Crippen molar-refractivity contribution in [1.82, 2.24) is 21.0 Å². The third-order valence-electron chi connectivity index (χ3n) is 4.20. The average Bonchev–Trinajstić information content (AvgIpc) is 3.00. The van der Waals surface area contributed by atoms with Gasteiger partial charge in [-0.05, 0) is 26.3 Å². The maximum atomic E-state index is 12.1. The van der Waals surface area contributed by atoms with Crippen LogP contribution >= 0.6 is 11.8 Å². The monoisotopic (exact) mass is 359 g/mol. The Morgan fingerprint density at radius 2 is 2.00 bits per heavy atom. The number of amides is 2. The third kappa shape index (κ3) is 3.79. The Kier molecular flexibility index (Phi) is 4.98. The van der Waals surface area contributed by atoms with Gasteiger partial charge in [0.2, 0.25) is 5.91 Å². The van der Waals surface area contributed by atoms with Gasteiger partial charge in [0, 0.05) is 17.8 Å². The van der Waals surface area contributed by atoms with Gasteiger partial charge in [-0.25, -0.2) is 0 Å². The number of hydrazone groups is 1. The summed E-state index contributed by atoms with van der Waals surface area (Å²) in [7, 11) is 0. The fourth-order valence-electron chi connectivity index (χ4n) is 2.54. The zero-order chi connectivity index (χ0) is 18.0. The van der Waals surface area contributed by atoms with Crippen LogP contribution in [-0.4, -0.2) is 33.9 Å². The van der Waals surface area contributed by atoms with Crippen molar-refractivity contribution >= 4 is 28.7 Å². The summed E-state index contributed by atoms with van der Waals surface area (Å²) in [5.41, 5.74) is 6.62. The first-order valence-electron chi connectivity index (χ1n) is 8.01. The van der Waals surface area contributed by atoms with Gasteiger partial charge < -0.3 is 10.6 Å². The topological polar surface area (TPSA) is 85.8 Å². The maximum absolute atomic E-state index is 12.1. The molecular formula is C17H21N5O2S. The number of rotatable bonds is 4. The smallest absolute Gasteiger partial charge is 0.251 e. The molecule has 0 saturated carbocycles. The lowest BCUT2D eigenvalue weighted by molar-refractivity contribution is -0.120. The second kappa shape index (κ2) is 7.18. The molecule has 3 N–H and O–H groups in total. The number of allylic oxidation sites excluding steroid dienone is 1. The number of thioether (sulfide) groups is 1. The van der Waals surface area contributed by atoms with Crippen LogP contribution in [0.3, 0.4) is 0 Å².